The molecule has 0 saturated carbocycles. The maximum absolute atomic E-state index is 10.9. The quantitative estimate of drug-likeness (QED) is 0.847. The lowest BCUT2D eigenvalue weighted by Crippen LogP contribution is -2.12. The predicted octanol–water partition coefficient (Wildman–Crippen LogP) is 2.79. The van der Waals surface area contributed by atoms with E-state index < -0.39 is 5.91 Å². The summed E-state index contributed by atoms with van der Waals surface area (Å²) in [4.78, 5) is 15.1. The summed E-state index contributed by atoms with van der Waals surface area (Å²) in [6.45, 7) is 3.04. The molecule has 1 amide bonds. The van der Waals surface area contributed by atoms with E-state index in [0.717, 1.165) is 18.8 Å². The average Bonchev–Trinajstić information content (AvgIpc) is 2.48. The molecule has 1 unspecified atom stereocenters. The van der Waals surface area contributed by atoms with Crippen LogP contribution >= 0.6 is 0 Å². The second-order valence-corrected chi connectivity index (χ2v) is 4.82. The molecule has 0 saturated heterocycles. The van der Waals surface area contributed by atoms with Crippen LogP contribution in [-0.4, -0.2) is 17.4 Å². The zero-order chi connectivity index (χ0) is 14.4. The number of hydrogen-bond donors (Lipinski definition) is 2. The summed E-state index contributed by atoms with van der Waals surface area (Å²) in [6, 6.07) is 13.9. The van der Waals surface area contributed by atoms with Gasteiger partial charge in [-0.25, -0.2) is 4.98 Å². The van der Waals surface area contributed by atoms with Crippen LogP contribution < -0.4 is 11.1 Å². The van der Waals surface area contributed by atoms with E-state index in [1.165, 1.54) is 11.8 Å². The van der Waals surface area contributed by atoms with Gasteiger partial charge in [-0.3, -0.25) is 4.79 Å². The molecule has 2 aromatic rings. The molecule has 1 aromatic heterocycles. The maximum atomic E-state index is 10.9. The number of benzene rings is 1. The van der Waals surface area contributed by atoms with Crippen molar-refractivity contribution in [3.63, 3.8) is 0 Å². The van der Waals surface area contributed by atoms with E-state index >= 15 is 0 Å². The number of anilines is 1. The van der Waals surface area contributed by atoms with Crippen molar-refractivity contribution in [2.45, 2.75) is 19.3 Å². The molecule has 0 radical (unpaired) electrons. The lowest BCUT2D eigenvalue weighted by molar-refractivity contribution is 0.1000. The predicted molar refractivity (Wildman–Crippen MR) is 80.7 cm³/mol. The Morgan fingerprint density at radius 3 is 2.60 bits per heavy atom. The SMILES string of the molecule is CC(CCNc1ccc(C(N)=O)cn1)c1ccccc1. The lowest BCUT2D eigenvalue weighted by Gasteiger charge is -2.12. The van der Waals surface area contributed by atoms with Crippen LogP contribution in [0.15, 0.2) is 48.7 Å². The van der Waals surface area contributed by atoms with Gasteiger partial charge < -0.3 is 11.1 Å². The molecule has 4 nitrogen and oxygen atoms in total. The highest BCUT2D eigenvalue weighted by Crippen LogP contribution is 2.18. The van der Waals surface area contributed by atoms with Crippen LogP contribution in [0.5, 0.6) is 0 Å². The minimum Gasteiger partial charge on any atom is -0.370 e. The highest BCUT2D eigenvalue weighted by Gasteiger charge is 2.05. The second kappa shape index (κ2) is 6.70. The molecular formula is C16H19N3O. The Bertz CT molecular complexity index is 552. The third-order valence-corrected chi connectivity index (χ3v) is 3.30. The number of hydrogen-bond acceptors (Lipinski definition) is 3. The molecule has 1 aromatic carbocycles. The van der Waals surface area contributed by atoms with Crippen molar-refractivity contribution < 1.29 is 4.79 Å². The van der Waals surface area contributed by atoms with E-state index in [2.05, 4.69) is 41.5 Å². The van der Waals surface area contributed by atoms with Crippen LogP contribution in [-0.2, 0) is 0 Å². The molecule has 104 valence electrons. The molecule has 0 spiro atoms. The van der Waals surface area contributed by atoms with Gasteiger partial charge in [0.15, 0.2) is 0 Å². The first-order chi connectivity index (χ1) is 9.66. The summed E-state index contributed by atoms with van der Waals surface area (Å²) in [6.07, 6.45) is 2.51. The Balaban J connectivity index is 1.82. The number of carbonyl (C=O) groups is 1. The molecule has 3 N–H and O–H groups in total. The molecule has 0 fully saturated rings. The van der Waals surface area contributed by atoms with Crippen molar-refractivity contribution in [2.75, 3.05) is 11.9 Å². The fraction of sp³-hybridized carbons (Fsp3) is 0.250. The summed E-state index contributed by atoms with van der Waals surface area (Å²) in [5.74, 6) is 0.797. The van der Waals surface area contributed by atoms with E-state index in [1.54, 1.807) is 12.1 Å². The number of nitrogens with one attached hydrogen (secondary N) is 1. The third-order valence-electron chi connectivity index (χ3n) is 3.30. The lowest BCUT2D eigenvalue weighted by atomic mass is 9.98. The number of primary amides is 1. The summed E-state index contributed by atoms with van der Waals surface area (Å²) < 4.78 is 0. The zero-order valence-corrected chi connectivity index (χ0v) is 11.5. The monoisotopic (exact) mass is 269 g/mol. The first-order valence-corrected chi connectivity index (χ1v) is 6.71. The summed E-state index contributed by atoms with van der Waals surface area (Å²) >= 11 is 0. The Morgan fingerprint density at radius 2 is 2.00 bits per heavy atom. The molecule has 1 atom stereocenters. The van der Waals surface area contributed by atoms with Gasteiger partial charge in [-0.15, -0.1) is 0 Å². The number of carbonyl (C=O) groups excluding carboxylic acids is 1. The summed E-state index contributed by atoms with van der Waals surface area (Å²) in [7, 11) is 0. The number of rotatable bonds is 6. The molecule has 20 heavy (non-hydrogen) atoms. The summed E-state index contributed by atoms with van der Waals surface area (Å²) in [5.41, 5.74) is 6.93. The van der Waals surface area contributed by atoms with Gasteiger partial charge in [0.25, 0.3) is 0 Å². The second-order valence-electron chi connectivity index (χ2n) is 4.82. The van der Waals surface area contributed by atoms with E-state index in [9.17, 15) is 4.79 Å². The van der Waals surface area contributed by atoms with Crippen LogP contribution in [0.3, 0.4) is 0 Å². The van der Waals surface area contributed by atoms with E-state index in [4.69, 9.17) is 5.73 Å². The minimum absolute atomic E-state index is 0.424. The molecule has 0 bridgehead atoms. The van der Waals surface area contributed by atoms with Crippen molar-refractivity contribution >= 4 is 11.7 Å². The smallest absolute Gasteiger partial charge is 0.250 e. The van der Waals surface area contributed by atoms with Gasteiger partial charge in [0.05, 0.1) is 5.56 Å². The summed E-state index contributed by atoms with van der Waals surface area (Å²) in [5, 5.41) is 3.25. The number of nitrogens with two attached hydrogens (primary N) is 1. The van der Waals surface area contributed by atoms with Crippen molar-refractivity contribution in [1.82, 2.24) is 4.98 Å². The molecule has 0 aliphatic carbocycles. The van der Waals surface area contributed by atoms with Crippen LogP contribution in [0.1, 0.15) is 35.2 Å². The van der Waals surface area contributed by atoms with Gasteiger partial charge in [-0.1, -0.05) is 37.3 Å². The van der Waals surface area contributed by atoms with Crippen LogP contribution in [0.4, 0.5) is 5.82 Å². The average molecular weight is 269 g/mol. The Morgan fingerprint density at radius 1 is 1.25 bits per heavy atom. The van der Waals surface area contributed by atoms with E-state index in [-0.39, 0.29) is 0 Å². The van der Waals surface area contributed by atoms with Crippen molar-refractivity contribution in [3.8, 4) is 0 Å². The van der Waals surface area contributed by atoms with Crippen molar-refractivity contribution in [1.29, 1.82) is 0 Å². The van der Waals surface area contributed by atoms with Crippen molar-refractivity contribution in [2.24, 2.45) is 5.73 Å². The van der Waals surface area contributed by atoms with Gasteiger partial charge in [0.2, 0.25) is 5.91 Å². The van der Waals surface area contributed by atoms with E-state index in [0.29, 0.717) is 11.5 Å². The van der Waals surface area contributed by atoms with E-state index in [1.807, 2.05) is 6.07 Å². The Labute approximate surface area is 119 Å². The maximum Gasteiger partial charge on any atom is 0.250 e. The molecule has 4 heteroatoms. The Kier molecular flexibility index (Phi) is 4.71. The highest BCUT2D eigenvalue weighted by molar-refractivity contribution is 5.92. The topological polar surface area (TPSA) is 68.0 Å². The minimum atomic E-state index is -0.457. The van der Waals surface area contributed by atoms with Gasteiger partial charge in [0, 0.05) is 12.7 Å². The first-order valence-electron chi connectivity index (χ1n) is 6.71. The molecular weight excluding hydrogens is 250 g/mol. The van der Waals surface area contributed by atoms with Gasteiger partial charge in [-0.2, -0.15) is 0 Å². The number of nitrogens with zero attached hydrogens (tertiary/aromatic N) is 1. The van der Waals surface area contributed by atoms with Crippen LogP contribution in [0.25, 0.3) is 0 Å². The van der Waals surface area contributed by atoms with Gasteiger partial charge >= 0.3 is 0 Å². The number of aromatic nitrogens is 1. The molecule has 0 aliphatic rings. The van der Waals surface area contributed by atoms with Crippen LogP contribution in [0, 0.1) is 0 Å². The fourth-order valence-electron chi connectivity index (χ4n) is 2.01. The largest absolute Gasteiger partial charge is 0.370 e. The number of pyridine rings is 1. The van der Waals surface area contributed by atoms with Gasteiger partial charge in [-0.05, 0) is 30.0 Å². The standard InChI is InChI=1S/C16H19N3O/c1-12(13-5-3-2-4-6-13)9-10-18-15-8-7-14(11-19-15)16(17)20/h2-8,11-12H,9-10H2,1H3,(H2,17,20)(H,18,19). The van der Waals surface area contributed by atoms with Crippen LogP contribution in [0.2, 0.25) is 0 Å². The molecule has 2 rings (SSSR count). The molecule has 1 heterocycles. The van der Waals surface area contributed by atoms with Crippen molar-refractivity contribution in [3.05, 3.63) is 59.8 Å². The molecule has 0 aliphatic heterocycles. The highest BCUT2D eigenvalue weighted by atomic mass is 16.1. The zero-order valence-electron chi connectivity index (χ0n) is 11.5. The Hall–Kier alpha value is -2.36. The number of amides is 1. The third kappa shape index (κ3) is 3.82. The van der Waals surface area contributed by atoms with Gasteiger partial charge in [0.1, 0.15) is 5.82 Å². The first kappa shape index (κ1) is 14.1. The normalized spacial score (nSPS) is 11.8. The fourth-order valence-corrected chi connectivity index (χ4v) is 2.01.